The van der Waals surface area contributed by atoms with Crippen LogP contribution in [0.1, 0.15) is 43.4 Å². The van der Waals surface area contributed by atoms with E-state index in [4.69, 9.17) is 0 Å². The first-order chi connectivity index (χ1) is 16.2. The Balaban J connectivity index is 1.45. The summed E-state index contributed by atoms with van der Waals surface area (Å²) in [7, 11) is 2.16. The Hall–Kier alpha value is -3.12. The van der Waals surface area contributed by atoms with Crippen molar-refractivity contribution in [3.05, 3.63) is 53.7 Å². The van der Waals surface area contributed by atoms with Crippen LogP contribution >= 0.6 is 0 Å². The molecule has 6 nitrogen and oxygen atoms in total. The summed E-state index contributed by atoms with van der Waals surface area (Å²) in [6.45, 7) is 3.92. The van der Waals surface area contributed by atoms with Gasteiger partial charge in [0.05, 0.1) is 22.6 Å². The van der Waals surface area contributed by atoms with Crippen LogP contribution in [0, 0.1) is 5.92 Å². The Kier molecular flexibility index (Phi) is 6.44. The number of H-pyrrole nitrogens is 1. The smallest absolute Gasteiger partial charge is 0.224 e. The summed E-state index contributed by atoms with van der Waals surface area (Å²) in [5.41, 5.74) is 4.98. The van der Waals surface area contributed by atoms with Crippen molar-refractivity contribution < 1.29 is 4.79 Å². The highest BCUT2D eigenvalue weighted by Gasteiger charge is 2.22. The fourth-order valence-electron chi connectivity index (χ4n) is 5.03. The molecular formula is C27H33N5O. The number of piperazine rings is 1. The fraction of sp³-hybridized carbons (Fsp3) is 0.407. The first-order valence-electron chi connectivity index (χ1n) is 12.1. The third-order valence-corrected chi connectivity index (χ3v) is 7.01. The molecule has 0 radical (unpaired) electrons. The number of hydrogen-bond acceptors (Lipinski definition) is 4. The molecule has 1 saturated carbocycles. The molecule has 1 amide bonds. The average molecular weight is 444 g/mol. The van der Waals surface area contributed by atoms with Gasteiger partial charge >= 0.3 is 0 Å². The van der Waals surface area contributed by atoms with Crippen molar-refractivity contribution in [2.24, 2.45) is 5.92 Å². The van der Waals surface area contributed by atoms with Crippen LogP contribution in [0.15, 0.2) is 42.5 Å². The number of benzene rings is 2. The second-order valence-corrected chi connectivity index (χ2v) is 9.46. The number of rotatable bonds is 6. The van der Waals surface area contributed by atoms with Crippen LogP contribution in [0.25, 0.3) is 23.1 Å². The van der Waals surface area contributed by atoms with Crippen LogP contribution in [0.4, 0.5) is 11.4 Å². The standard InChI is InChI=1S/C27H33N5O/c1-31-13-15-32(16-14-31)26-19-24-22(18-25(26)28-27(33)17-21-9-5-6-10-21)23(29-30-24)12-11-20-7-3-2-4-8-20/h2-4,7-8,11-12,18-19,21H,5-6,9-10,13-17H2,1H3,(H,28,33)(H,29,30)/b12-11+. The second kappa shape index (κ2) is 9.79. The summed E-state index contributed by atoms with van der Waals surface area (Å²) < 4.78 is 0. The van der Waals surface area contributed by atoms with E-state index in [-0.39, 0.29) is 5.91 Å². The Morgan fingerprint density at radius 2 is 1.85 bits per heavy atom. The minimum Gasteiger partial charge on any atom is -0.367 e. The lowest BCUT2D eigenvalue weighted by atomic mass is 10.0. The highest BCUT2D eigenvalue weighted by atomic mass is 16.1. The number of likely N-dealkylation sites (N-methyl/N-ethyl adjacent to an activating group) is 1. The fourth-order valence-corrected chi connectivity index (χ4v) is 5.03. The van der Waals surface area contributed by atoms with Gasteiger partial charge in [-0.25, -0.2) is 0 Å². The molecule has 1 saturated heterocycles. The Morgan fingerprint density at radius 1 is 1.09 bits per heavy atom. The molecule has 6 heteroatoms. The number of aromatic amines is 1. The molecule has 2 heterocycles. The van der Waals surface area contributed by atoms with E-state index < -0.39 is 0 Å². The molecule has 33 heavy (non-hydrogen) atoms. The van der Waals surface area contributed by atoms with E-state index >= 15 is 0 Å². The number of nitrogens with one attached hydrogen (secondary N) is 2. The van der Waals surface area contributed by atoms with Gasteiger partial charge in [0.1, 0.15) is 0 Å². The number of nitrogens with zero attached hydrogens (tertiary/aromatic N) is 3. The van der Waals surface area contributed by atoms with Gasteiger partial charge in [-0.05, 0) is 49.6 Å². The van der Waals surface area contributed by atoms with Gasteiger partial charge in [0.25, 0.3) is 0 Å². The number of aromatic nitrogens is 2. The van der Waals surface area contributed by atoms with Crippen LogP contribution in [-0.2, 0) is 4.79 Å². The number of anilines is 2. The first-order valence-corrected chi connectivity index (χ1v) is 12.1. The minimum atomic E-state index is 0.126. The maximum Gasteiger partial charge on any atom is 0.224 e. The van der Waals surface area contributed by atoms with E-state index in [9.17, 15) is 4.79 Å². The minimum absolute atomic E-state index is 0.126. The summed E-state index contributed by atoms with van der Waals surface area (Å²) in [4.78, 5) is 17.7. The molecule has 0 bridgehead atoms. The maximum absolute atomic E-state index is 13.0. The third kappa shape index (κ3) is 5.11. The van der Waals surface area contributed by atoms with Crippen LogP contribution < -0.4 is 10.2 Å². The van der Waals surface area contributed by atoms with E-state index in [2.05, 4.69) is 62.7 Å². The molecule has 1 aromatic heterocycles. The van der Waals surface area contributed by atoms with Gasteiger partial charge in [-0.3, -0.25) is 9.89 Å². The van der Waals surface area contributed by atoms with Crippen LogP contribution in [-0.4, -0.2) is 54.2 Å². The zero-order chi connectivity index (χ0) is 22.6. The van der Waals surface area contributed by atoms with Crippen molar-refractivity contribution in [3.63, 3.8) is 0 Å². The molecule has 0 spiro atoms. The quantitative estimate of drug-likeness (QED) is 0.562. The number of amides is 1. The lowest BCUT2D eigenvalue weighted by Gasteiger charge is -2.35. The molecule has 2 aliphatic rings. The summed E-state index contributed by atoms with van der Waals surface area (Å²) in [5, 5.41) is 12.1. The van der Waals surface area contributed by atoms with Gasteiger partial charge in [-0.15, -0.1) is 0 Å². The lowest BCUT2D eigenvalue weighted by molar-refractivity contribution is -0.117. The molecule has 0 unspecified atom stereocenters. The number of fused-ring (bicyclic) bond motifs is 1. The molecule has 2 N–H and O–H groups in total. The first kappa shape index (κ1) is 21.7. The van der Waals surface area contributed by atoms with Crippen molar-refractivity contribution in [2.75, 3.05) is 43.4 Å². The SMILES string of the molecule is CN1CCN(c2cc3[nH]nc(/C=C/c4ccccc4)c3cc2NC(=O)CC2CCCC2)CC1. The highest BCUT2D eigenvalue weighted by molar-refractivity contribution is 6.01. The molecule has 0 atom stereocenters. The Labute approximate surface area is 195 Å². The molecule has 172 valence electrons. The zero-order valence-electron chi connectivity index (χ0n) is 19.4. The van der Waals surface area contributed by atoms with Crippen molar-refractivity contribution in [1.82, 2.24) is 15.1 Å². The molecule has 2 fully saturated rings. The van der Waals surface area contributed by atoms with E-state index in [0.29, 0.717) is 12.3 Å². The molecular weight excluding hydrogens is 410 g/mol. The van der Waals surface area contributed by atoms with Crippen LogP contribution in [0.5, 0.6) is 0 Å². The number of hydrogen-bond donors (Lipinski definition) is 2. The molecule has 1 aliphatic heterocycles. The Bertz CT molecular complexity index is 1120. The molecule has 3 aromatic rings. The summed E-state index contributed by atoms with van der Waals surface area (Å²) in [6, 6.07) is 14.5. The average Bonchev–Trinajstić information content (AvgIpc) is 3.48. The third-order valence-electron chi connectivity index (χ3n) is 7.01. The summed E-state index contributed by atoms with van der Waals surface area (Å²) >= 11 is 0. The van der Waals surface area contributed by atoms with Crippen LogP contribution in [0.3, 0.4) is 0 Å². The van der Waals surface area contributed by atoms with E-state index in [1.807, 2.05) is 24.3 Å². The van der Waals surface area contributed by atoms with Gasteiger partial charge in [-0.2, -0.15) is 5.10 Å². The van der Waals surface area contributed by atoms with Gasteiger partial charge in [0.2, 0.25) is 5.91 Å². The summed E-state index contributed by atoms with van der Waals surface area (Å²) in [6.07, 6.45) is 9.58. The molecule has 5 rings (SSSR count). The number of carbonyl (C=O) groups excluding carboxylic acids is 1. The van der Waals surface area contributed by atoms with Gasteiger partial charge < -0.3 is 15.1 Å². The van der Waals surface area contributed by atoms with Crippen molar-refractivity contribution in [2.45, 2.75) is 32.1 Å². The lowest BCUT2D eigenvalue weighted by Crippen LogP contribution is -2.44. The Morgan fingerprint density at radius 3 is 2.61 bits per heavy atom. The van der Waals surface area contributed by atoms with Gasteiger partial charge in [-0.1, -0.05) is 49.2 Å². The normalized spacial score (nSPS) is 17.9. The highest BCUT2D eigenvalue weighted by Crippen LogP contribution is 2.34. The van der Waals surface area contributed by atoms with E-state index in [0.717, 1.165) is 59.7 Å². The van der Waals surface area contributed by atoms with Crippen molar-refractivity contribution >= 4 is 40.3 Å². The number of carbonyl (C=O) groups is 1. The topological polar surface area (TPSA) is 64.3 Å². The van der Waals surface area contributed by atoms with E-state index in [1.54, 1.807) is 0 Å². The van der Waals surface area contributed by atoms with Crippen molar-refractivity contribution in [1.29, 1.82) is 0 Å². The predicted molar refractivity (Wildman–Crippen MR) is 136 cm³/mol. The maximum atomic E-state index is 13.0. The van der Waals surface area contributed by atoms with Gasteiger partial charge in [0.15, 0.2) is 0 Å². The molecule has 1 aliphatic carbocycles. The second-order valence-electron chi connectivity index (χ2n) is 9.46. The zero-order valence-corrected chi connectivity index (χ0v) is 19.4. The van der Waals surface area contributed by atoms with Gasteiger partial charge in [0, 0.05) is 38.0 Å². The monoisotopic (exact) mass is 443 g/mol. The summed E-state index contributed by atoms with van der Waals surface area (Å²) in [5.74, 6) is 0.653. The van der Waals surface area contributed by atoms with E-state index in [1.165, 1.54) is 25.7 Å². The van der Waals surface area contributed by atoms with Crippen LogP contribution in [0.2, 0.25) is 0 Å². The van der Waals surface area contributed by atoms with Crippen molar-refractivity contribution in [3.8, 4) is 0 Å². The molecule has 2 aromatic carbocycles. The largest absolute Gasteiger partial charge is 0.367 e. The predicted octanol–water partition coefficient (Wildman–Crippen LogP) is 5.00.